The summed E-state index contributed by atoms with van der Waals surface area (Å²) in [6, 6.07) is 9.61. The zero-order chi connectivity index (χ0) is 14.1. The maximum Gasteiger partial charge on any atom is 0.254 e. The van der Waals surface area contributed by atoms with Crippen molar-refractivity contribution in [1.29, 1.82) is 5.26 Å². The van der Waals surface area contributed by atoms with Crippen molar-refractivity contribution in [3.63, 3.8) is 0 Å². The van der Waals surface area contributed by atoms with Crippen molar-refractivity contribution in [1.82, 2.24) is 4.90 Å². The van der Waals surface area contributed by atoms with Gasteiger partial charge in [0.25, 0.3) is 5.91 Å². The number of amides is 1. The van der Waals surface area contributed by atoms with Crippen LogP contribution in [-0.2, 0) is 4.74 Å². The van der Waals surface area contributed by atoms with Gasteiger partial charge < -0.3 is 9.64 Å². The van der Waals surface area contributed by atoms with Crippen molar-refractivity contribution in [3.8, 4) is 6.07 Å². The normalized spacial score (nSPS) is 28.2. The Labute approximate surface area is 118 Å². The molecule has 2 unspecified atom stereocenters. The number of nitriles is 1. The first-order valence-corrected chi connectivity index (χ1v) is 7.08. The Morgan fingerprint density at radius 1 is 1.25 bits per heavy atom. The van der Waals surface area contributed by atoms with E-state index in [1.807, 2.05) is 4.90 Å². The largest absolute Gasteiger partial charge is 0.381 e. The van der Waals surface area contributed by atoms with Gasteiger partial charge in [0.15, 0.2) is 0 Å². The van der Waals surface area contributed by atoms with E-state index >= 15 is 0 Å². The van der Waals surface area contributed by atoms with E-state index in [0.717, 1.165) is 25.7 Å². The Hall–Kier alpha value is -1.86. The van der Waals surface area contributed by atoms with Crippen molar-refractivity contribution in [3.05, 3.63) is 35.4 Å². The van der Waals surface area contributed by atoms with Gasteiger partial charge in [0.05, 0.1) is 17.7 Å². The predicted octanol–water partition coefficient (Wildman–Crippen LogP) is 2.34. The molecule has 2 bridgehead atoms. The highest BCUT2D eigenvalue weighted by molar-refractivity contribution is 5.95. The van der Waals surface area contributed by atoms with Gasteiger partial charge in [-0.3, -0.25) is 4.79 Å². The quantitative estimate of drug-likeness (QED) is 0.829. The van der Waals surface area contributed by atoms with Gasteiger partial charge in [0, 0.05) is 24.8 Å². The summed E-state index contributed by atoms with van der Waals surface area (Å²) in [6.07, 6.45) is 4.32. The Kier molecular flexibility index (Phi) is 3.45. The van der Waals surface area contributed by atoms with Crippen LogP contribution in [0.1, 0.15) is 41.6 Å². The molecule has 2 fully saturated rings. The van der Waals surface area contributed by atoms with Gasteiger partial charge in [0.1, 0.15) is 0 Å². The number of benzene rings is 1. The SMILES string of the molecule is COC1CC2CCC(C1)N2C(=O)c1ccc(C#N)cc1. The zero-order valence-corrected chi connectivity index (χ0v) is 11.6. The number of hydrogen-bond donors (Lipinski definition) is 0. The molecule has 3 rings (SSSR count). The average molecular weight is 270 g/mol. The fraction of sp³-hybridized carbons (Fsp3) is 0.500. The molecular weight excluding hydrogens is 252 g/mol. The lowest BCUT2D eigenvalue weighted by molar-refractivity contribution is 0.00822. The van der Waals surface area contributed by atoms with E-state index in [1.54, 1.807) is 31.4 Å². The van der Waals surface area contributed by atoms with Gasteiger partial charge in [-0.1, -0.05) is 0 Å². The summed E-state index contributed by atoms with van der Waals surface area (Å²) < 4.78 is 5.46. The molecule has 4 nitrogen and oxygen atoms in total. The lowest BCUT2D eigenvalue weighted by atomic mass is 9.98. The predicted molar refractivity (Wildman–Crippen MR) is 74.2 cm³/mol. The van der Waals surface area contributed by atoms with Gasteiger partial charge in [-0.25, -0.2) is 0 Å². The smallest absolute Gasteiger partial charge is 0.254 e. The van der Waals surface area contributed by atoms with Gasteiger partial charge in [-0.2, -0.15) is 5.26 Å². The maximum absolute atomic E-state index is 12.7. The maximum atomic E-state index is 12.7. The lowest BCUT2D eigenvalue weighted by Crippen LogP contribution is -2.48. The molecule has 2 saturated heterocycles. The Morgan fingerprint density at radius 2 is 1.85 bits per heavy atom. The van der Waals surface area contributed by atoms with Gasteiger partial charge in [-0.15, -0.1) is 0 Å². The van der Waals surface area contributed by atoms with Gasteiger partial charge in [-0.05, 0) is 49.9 Å². The van der Waals surface area contributed by atoms with Crippen molar-refractivity contribution in [2.75, 3.05) is 7.11 Å². The van der Waals surface area contributed by atoms with Crippen molar-refractivity contribution >= 4 is 5.91 Å². The molecule has 0 aliphatic carbocycles. The molecule has 0 spiro atoms. The molecule has 0 N–H and O–H groups in total. The second-order valence-corrected chi connectivity index (χ2v) is 5.62. The average Bonchev–Trinajstić information content (AvgIpc) is 2.76. The molecule has 1 aromatic rings. The van der Waals surface area contributed by atoms with E-state index in [0.29, 0.717) is 23.2 Å². The van der Waals surface area contributed by atoms with Crippen molar-refractivity contribution in [2.45, 2.75) is 43.9 Å². The molecule has 2 heterocycles. The molecule has 1 aromatic carbocycles. The standard InChI is InChI=1S/C16H18N2O2/c1-20-15-8-13-6-7-14(9-15)18(13)16(19)12-4-2-11(10-17)3-5-12/h2-5,13-15H,6-9H2,1H3. The molecule has 0 radical (unpaired) electrons. The van der Waals surface area contributed by atoms with Gasteiger partial charge in [0.2, 0.25) is 0 Å². The molecule has 4 heteroatoms. The fourth-order valence-corrected chi connectivity index (χ4v) is 3.49. The summed E-state index contributed by atoms with van der Waals surface area (Å²) in [5.41, 5.74) is 1.26. The number of rotatable bonds is 2. The fourth-order valence-electron chi connectivity index (χ4n) is 3.49. The third kappa shape index (κ3) is 2.19. The molecule has 2 aliphatic heterocycles. The van der Waals surface area contributed by atoms with Crippen LogP contribution >= 0.6 is 0 Å². The molecular formula is C16H18N2O2. The highest BCUT2D eigenvalue weighted by Crippen LogP contribution is 2.37. The summed E-state index contributed by atoms with van der Waals surface area (Å²) in [6.45, 7) is 0. The second kappa shape index (κ2) is 5.26. The topological polar surface area (TPSA) is 53.3 Å². The van der Waals surface area contributed by atoms with E-state index in [9.17, 15) is 4.79 Å². The third-order valence-corrected chi connectivity index (χ3v) is 4.52. The number of carbonyl (C=O) groups is 1. The minimum Gasteiger partial charge on any atom is -0.381 e. The second-order valence-electron chi connectivity index (χ2n) is 5.62. The van der Waals surface area contributed by atoms with Crippen LogP contribution in [0.2, 0.25) is 0 Å². The third-order valence-electron chi connectivity index (χ3n) is 4.52. The van der Waals surface area contributed by atoms with Crippen LogP contribution in [0.5, 0.6) is 0 Å². The summed E-state index contributed by atoms with van der Waals surface area (Å²) in [5.74, 6) is 0.0940. The number of carbonyl (C=O) groups excluding carboxylic acids is 1. The van der Waals surface area contributed by atoms with Crippen LogP contribution in [0, 0.1) is 11.3 Å². The van der Waals surface area contributed by atoms with E-state index in [-0.39, 0.29) is 12.0 Å². The van der Waals surface area contributed by atoms with Crippen LogP contribution in [0.4, 0.5) is 0 Å². The van der Waals surface area contributed by atoms with Gasteiger partial charge >= 0.3 is 0 Å². The van der Waals surface area contributed by atoms with Crippen LogP contribution in [0.3, 0.4) is 0 Å². The number of ether oxygens (including phenoxy) is 1. The number of piperidine rings is 1. The highest BCUT2D eigenvalue weighted by Gasteiger charge is 2.43. The van der Waals surface area contributed by atoms with Crippen LogP contribution in [0.25, 0.3) is 0 Å². The van der Waals surface area contributed by atoms with E-state index in [1.165, 1.54) is 0 Å². The van der Waals surface area contributed by atoms with Crippen LogP contribution < -0.4 is 0 Å². The van der Waals surface area contributed by atoms with E-state index < -0.39 is 0 Å². The number of nitrogens with zero attached hydrogens (tertiary/aromatic N) is 2. The van der Waals surface area contributed by atoms with Crippen molar-refractivity contribution < 1.29 is 9.53 Å². The Balaban J connectivity index is 1.79. The molecule has 1 amide bonds. The zero-order valence-electron chi connectivity index (χ0n) is 11.6. The lowest BCUT2D eigenvalue weighted by Gasteiger charge is -2.38. The van der Waals surface area contributed by atoms with Crippen molar-refractivity contribution in [2.24, 2.45) is 0 Å². The molecule has 0 aromatic heterocycles. The molecule has 0 saturated carbocycles. The molecule has 104 valence electrons. The number of methoxy groups -OCH3 is 1. The molecule has 2 aliphatic rings. The van der Waals surface area contributed by atoms with Crippen LogP contribution in [-0.4, -0.2) is 36.1 Å². The number of fused-ring (bicyclic) bond motifs is 2. The molecule has 2 atom stereocenters. The first-order chi connectivity index (χ1) is 9.72. The minimum atomic E-state index is 0.0940. The minimum absolute atomic E-state index is 0.0940. The summed E-state index contributed by atoms with van der Waals surface area (Å²) in [5, 5.41) is 8.81. The Bertz CT molecular complexity index is 533. The first-order valence-electron chi connectivity index (χ1n) is 7.08. The molecule has 20 heavy (non-hydrogen) atoms. The highest BCUT2D eigenvalue weighted by atomic mass is 16.5. The summed E-state index contributed by atoms with van der Waals surface area (Å²) >= 11 is 0. The monoisotopic (exact) mass is 270 g/mol. The van der Waals surface area contributed by atoms with Crippen LogP contribution in [0.15, 0.2) is 24.3 Å². The first kappa shape index (κ1) is 13.1. The van der Waals surface area contributed by atoms with E-state index in [4.69, 9.17) is 10.00 Å². The van der Waals surface area contributed by atoms with E-state index in [2.05, 4.69) is 6.07 Å². The number of hydrogen-bond acceptors (Lipinski definition) is 3. The Morgan fingerprint density at radius 3 is 2.35 bits per heavy atom. The summed E-state index contributed by atoms with van der Waals surface area (Å²) in [7, 11) is 1.75. The summed E-state index contributed by atoms with van der Waals surface area (Å²) in [4.78, 5) is 14.7.